The molecule has 0 radical (unpaired) electrons. The Morgan fingerprint density at radius 1 is 1.28 bits per heavy atom. The number of furan rings is 1. The number of aromatic nitrogens is 3. The zero-order valence-corrected chi connectivity index (χ0v) is 18.1. The minimum absolute atomic E-state index is 0.386. The van der Waals surface area contributed by atoms with Gasteiger partial charge in [-0.2, -0.15) is 0 Å². The van der Waals surface area contributed by atoms with Crippen molar-refractivity contribution < 1.29 is 4.42 Å². The van der Waals surface area contributed by atoms with Crippen LogP contribution in [-0.4, -0.2) is 38.5 Å². The van der Waals surface area contributed by atoms with Gasteiger partial charge in [-0.1, -0.05) is 41.6 Å². The average molecular weight is 429 g/mol. The molecule has 3 aromatic rings. The first-order chi connectivity index (χ1) is 14.2. The Labute approximate surface area is 180 Å². The third kappa shape index (κ3) is 4.60. The van der Waals surface area contributed by atoms with Crippen molar-refractivity contribution in [1.82, 2.24) is 19.7 Å². The fourth-order valence-corrected chi connectivity index (χ4v) is 4.72. The van der Waals surface area contributed by atoms with Gasteiger partial charge in [0.25, 0.3) is 0 Å². The van der Waals surface area contributed by atoms with Gasteiger partial charge in [-0.3, -0.25) is 4.90 Å². The summed E-state index contributed by atoms with van der Waals surface area (Å²) in [6, 6.07) is 11.8. The smallest absolute Gasteiger partial charge is 0.191 e. The van der Waals surface area contributed by atoms with E-state index in [0.717, 1.165) is 66.3 Å². The van der Waals surface area contributed by atoms with E-state index in [1.54, 1.807) is 11.8 Å². The molecule has 152 valence electrons. The van der Waals surface area contributed by atoms with Crippen molar-refractivity contribution >= 4 is 23.4 Å². The molecule has 1 aliphatic heterocycles. The highest BCUT2D eigenvalue weighted by atomic mass is 35.5. The standard InChI is InChI=1S/C22H25ClN4OS/c1-3-13-29-22-25-24-21(26(22)2)16-7-6-12-27(14-16)15-17-10-11-20(28-17)18-8-4-5-9-19(18)23/h3-5,8-11,16H,1,6-7,12-15H2,2H3. The summed E-state index contributed by atoms with van der Waals surface area (Å²) in [5.41, 5.74) is 0.931. The lowest BCUT2D eigenvalue weighted by atomic mass is 9.97. The van der Waals surface area contributed by atoms with Gasteiger partial charge in [0.05, 0.1) is 11.6 Å². The van der Waals surface area contributed by atoms with Gasteiger partial charge in [0.2, 0.25) is 0 Å². The number of thioether (sulfide) groups is 1. The van der Waals surface area contributed by atoms with E-state index >= 15 is 0 Å². The van der Waals surface area contributed by atoms with Gasteiger partial charge < -0.3 is 8.98 Å². The first kappa shape index (κ1) is 20.3. The molecule has 29 heavy (non-hydrogen) atoms. The number of rotatable bonds is 7. The lowest BCUT2D eigenvalue weighted by Crippen LogP contribution is -2.34. The number of benzene rings is 1. The van der Waals surface area contributed by atoms with Gasteiger partial charge in [0, 0.05) is 30.8 Å². The van der Waals surface area contributed by atoms with Crippen molar-refractivity contribution in [2.75, 3.05) is 18.8 Å². The lowest BCUT2D eigenvalue weighted by Gasteiger charge is -2.31. The number of nitrogens with zero attached hydrogens (tertiary/aromatic N) is 4. The summed E-state index contributed by atoms with van der Waals surface area (Å²) in [5, 5.41) is 10.5. The largest absolute Gasteiger partial charge is 0.460 e. The molecule has 0 N–H and O–H groups in total. The Kier molecular flexibility index (Phi) is 6.43. The highest BCUT2D eigenvalue weighted by Gasteiger charge is 2.26. The highest BCUT2D eigenvalue weighted by Crippen LogP contribution is 2.31. The normalized spacial score (nSPS) is 17.5. The van der Waals surface area contributed by atoms with E-state index in [1.807, 2.05) is 36.4 Å². The summed E-state index contributed by atoms with van der Waals surface area (Å²) in [6.07, 6.45) is 4.17. The Morgan fingerprint density at radius 3 is 2.97 bits per heavy atom. The van der Waals surface area contributed by atoms with Crippen LogP contribution in [-0.2, 0) is 13.6 Å². The van der Waals surface area contributed by atoms with E-state index < -0.39 is 0 Å². The van der Waals surface area contributed by atoms with Crippen LogP contribution in [0.15, 0.2) is 58.6 Å². The zero-order chi connectivity index (χ0) is 20.2. The Bertz CT molecular complexity index is 983. The number of piperidine rings is 1. The second-order valence-corrected chi connectivity index (χ2v) is 8.71. The molecule has 3 heterocycles. The van der Waals surface area contributed by atoms with Crippen LogP contribution in [0.1, 0.15) is 30.3 Å². The Morgan fingerprint density at radius 2 is 2.14 bits per heavy atom. The quantitative estimate of drug-likeness (QED) is 0.373. The van der Waals surface area contributed by atoms with Gasteiger partial charge in [-0.15, -0.1) is 16.8 Å². The molecular formula is C22H25ClN4OS. The summed E-state index contributed by atoms with van der Waals surface area (Å²) < 4.78 is 8.22. The second-order valence-electron chi connectivity index (χ2n) is 7.32. The van der Waals surface area contributed by atoms with Crippen LogP contribution in [0.2, 0.25) is 5.02 Å². The molecule has 0 aliphatic carbocycles. The molecule has 1 aliphatic rings. The van der Waals surface area contributed by atoms with Gasteiger partial charge in [-0.25, -0.2) is 0 Å². The van der Waals surface area contributed by atoms with E-state index in [1.165, 1.54) is 0 Å². The van der Waals surface area contributed by atoms with Crippen molar-refractivity contribution in [3.05, 3.63) is 65.7 Å². The summed E-state index contributed by atoms with van der Waals surface area (Å²) in [6.45, 7) is 6.59. The van der Waals surface area contributed by atoms with E-state index in [2.05, 4.69) is 39.4 Å². The number of halogens is 1. The van der Waals surface area contributed by atoms with Crippen molar-refractivity contribution in [1.29, 1.82) is 0 Å². The number of hydrogen-bond acceptors (Lipinski definition) is 5. The van der Waals surface area contributed by atoms with Crippen molar-refractivity contribution in [3.8, 4) is 11.3 Å². The van der Waals surface area contributed by atoms with E-state index in [9.17, 15) is 0 Å². The molecule has 1 unspecified atom stereocenters. The van der Waals surface area contributed by atoms with Gasteiger partial charge in [0.1, 0.15) is 17.3 Å². The fourth-order valence-electron chi connectivity index (χ4n) is 3.84. The molecule has 1 aromatic carbocycles. The van der Waals surface area contributed by atoms with Gasteiger partial charge in [-0.05, 0) is 43.7 Å². The topological polar surface area (TPSA) is 47.1 Å². The molecule has 1 fully saturated rings. The molecule has 2 aromatic heterocycles. The third-order valence-electron chi connectivity index (χ3n) is 5.25. The minimum atomic E-state index is 0.386. The first-order valence-corrected chi connectivity index (χ1v) is 11.2. The van der Waals surface area contributed by atoms with Crippen LogP contribution in [0.3, 0.4) is 0 Å². The van der Waals surface area contributed by atoms with Crippen LogP contribution >= 0.6 is 23.4 Å². The molecule has 1 saturated heterocycles. The zero-order valence-electron chi connectivity index (χ0n) is 16.6. The van der Waals surface area contributed by atoms with Crippen molar-refractivity contribution in [3.63, 3.8) is 0 Å². The molecular weight excluding hydrogens is 404 g/mol. The number of likely N-dealkylation sites (tertiary alicyclic amines) is 1. The van der Waals surface area contributed by atoms with Crippen LogP contribution in [0.5, 0.6) is 0 Å². The van der Waals surface area contributed by atoms with Crippen molar-refractivity contribution in [2.45, 2.75) is 30.5 Å². The summed E-state index contributed by atoms with van der Waals surface area (Å²) in [7, 11) is 2.06. The second kappa shape index (κ2) is 9.20. The lowest BCUT2D eigenvalue weighted by molar-refractivity contribution is 0.182. The van der Waals surface area contributed by atoms with E-state index in [-0.39, 0.29) is 0 Å². The van der Waals surface area contributed by atoms with Crippen molar-refractivity contribution in [2.24, 2.45) is 7.05 Å². The molecule has 0 amide bonds. The molecule has 0 bridgehead atoms. The summed E-state index contributed by atoms with van der Waals surface area (Å²) >= 11 is 7.97. The fraction of sp³-hybridized carbons (Fsp3) is 0.364. The molecule has 7 heteroatoms. The number of hydrogen-bond donors (Lipinski definition) is 0. The molecule has 0 spiro atoms. The SMILES string of the molecule is C=CCSc1nnc(C2CCCN(Cc3ccc(-c4ccccc4Cl)o3)C2)n1C. The minimum Gasteiger partial charge on any atom is -0.460 e. The summed E-state index contributed by atoms with van der Waals surface area (Å²) in [5.74, 6) is 4.07. The Balaban J connectivity index is 1.43. The van der Waals surface area contributed by atoms with Crippen LogP contribution < -0.4 is 0 Å². The van der Waals surface area contributed by atoms with Gasteiger partial charge in [0.15, 0.2) is 5.16 Å². The third-order valence-corrected chi connectivity index (χ3v) is 6.60. The van der Waals surface area contributed by atoms with Crippen LogP contribution in [0.4, 0.5) is 0 Å². The van der Waals surface area contributed by atoms with E-state index in [4.69, 9.17) is 16.0 Å². The molecule has 4 rings (SSSR count). The maximum Gasteiger partial charge on any atom is 0.191 e. The van der Waals surface area contributed by atoms with Crippen LogP contribution in [0.25, 0.3) is 11.3 Å². The maximum atomic E-state index is 6.30. The monoisotopic (exact) mass is 428 g/mol. The predicted molar refractivity (Wildman–Crippen MR) is 118 cm³/mol. The molecule has 0 saturated carbocycles. The van der Waals surface area contributed by atoms with Crippen LogP contribution in [0, 0.1) is 0 Å². The molecule has 5 nitrogen and oxygen atoms in total. The highest BCUT2D eigenvalue weighted by molar-refractivity contribution is 7.99. The predicted octanol–water partition coefficient (Wildman–Crippen LogP) is 5.39. The maximum absolute atomic E-state index is 6.30. The van der Waals surface area contributed by atoms with Gasteiger partial charge >= 0.3 is 0 Å². The summed E-state index contributed by atoms with van der Waals surface area (Å²) in [4.78, 5) is 2.44. The first-order valence-electron chi connectivity index (χ1n) is 9.84. The Hall–Kier alpha value is -2.02. The van der Waals surface area contributed by atoms with E-state index in [0.29, 0.717) is 10.9 Å². The molecule has 1 atom stereocenters. The average Bonchev–Trinajstić information content (AvgIpc) is 3.33.